The summed E-state index contributed by atoms with van der Waals surface area (Å²) < 4.78 is 44.5. The topological polar surface area (TPSA) is 67.2 Å². The van der Waals surface area contributed by atoms with Crippen LogP contribution in [-0.4, -0.2) is 67.9 Å². The van der Waals surface area contributed by atoms with E-state index in [9.17, 15) is 14.0 Å². The van der Waals surface area contributed by atoms with Crippen LogP contribution in [0.15, 0.2) is 77.7 Å². The van der Waals surface area contributed by atoms with Crippen LogP contribution in [0.5, 0.6) is 11.5 Å². The monoisotopic (exact) mass is 594 g/mol. The lowest BCUT2D eigenvalue weighted by atomic mass is 10.0. The lowest BCUT2D eigenvalue weighted by Gasteiger charge is -2.39. The summed E-state index contributed by atoms with van der Waals surface area (Å²) in [5.74, 6) is -0.609. The zero-order valence-corrected chi connectivity index (χ0v) is 23.8. The number of halogens is 2. The SMILES string of the molecule is O=C(c1cn2c3c(c(N4CCN(c5ccccc5F)CC4)c(F)cc3c1=O)Oc1ccc3ccccc3c1-2)N1CCOCC1. The van der Waals surface area contributed by atoms with Gasteiger partial charge in [-0.1, -0.05) is 42.5 Å². The fourth-order valence-corrected chi connectivity index (χ4v) is 6.63. The Morgan fingerprint density at radius 3 is 2.27 bits per heavy atom. The van der Waals surface area contributed by atoms with E-state index in [1.54, 1.807) is 29.3 Å². The molecule has 0 atom stereocenters. The van der Waals surface area contributed by atoms with Gasteiger partial charge < -0.3 is 28.7 Å². The number of aromatic nitrogens is 1. The third-order valence-electron chi connectivity index (χ3n) is 8.81. The van der Waals surface area contributed by atoms with Crippen molar-refractivity contribution in [2.24, 2.45) is 0 Å². The Balaban J connectivity index is 1.30. The number of morpholine rings is 1. The van der Waals surface area contributed by atoms with Crippen LogP contribution in [0.4, 0.5) is 20.2 Å². The quantitative estimate of drug-likeness (QED) is 0.276. The zero-order valence-electron chi connectivity index (χ0n) is 23.8. The van der Waals surface area contributed by atoms with E-state index in [0.29, 0.717) is 75.1 Å². The molecule has 0 unspecified atom stereocenters. The number of rotatable bonds is 3. The highest BCUT2D eigenvalue weighted by Gasteiger charge is 2.33. The summed E-state index contributed by atoms with van der Waals surface area (Å²) in [4.78, 5) is 33.0. The predicted molar refractivity (Wildman–Crippen MR) is 165 cm³/mol. The number of carbonyl (C=O) groups is 1. The second-order valence-electron chi connectivity index (χ2n) is 11.2. The molecule has 3 aliphatic heterocycles. The van der Waals surface area contributed by atoms with Crippen molar-refractivity contribution in [3.05, 3.63) is 100 Å². The van der Waals surface area contributed by atoms with Gasteiger partial charge in [-0.25, -0.2) is 8.78 Å². The maximum atomic E-state index is 16.2. The summed E-state index contributed by atoms with van der Waals surface area (Å²) in [6.07, 6.45) is 1.58. The molecule has 8 nitrogen and oxygen atoms in total. The van der Waals surface area contributed by atoms with Gasteiger partial charge >= 0.3 is 0 Å². The number of piperazine rings is 1. The average molecular weight is 595 g/mol. The molecule has 8 rings (SSSR count). The highest BCUT2D eigenvalue weighted by molar-refractivity contribution is 6.04. The van der Waals surface area contributed by atoms with Gasteiger partial charge in [-0.2, -0.15) is 0 Å². The Bertz CT molecular complexity index is 2030. The molecule has 0 saturated carbocycles. The fourth-order valence-electron chi connectivity index (χ4n) is 6.63. The van der Waals surface area contributed by atoms with E-state index in [4.69, 9.17) is 9.47 Å². The van der Waals surface area contributed by atoms with Crippen molar-refractivity contribution in [3.63, 3.8) is 0 Å². The Labute approximate surface area is 251 Å². The van der Waals surface area contributed by atoms with Gasteiger partial charge in [0.25, 0.3) is 5.91 Å². The van der Waals surface area contributed by atoms with Gasteiger partial charge in [0.15, 0.2) is 17.3 Å². The zero-order chi connectivity index (χ0) is 29.9. The molecule has 4 aromatic carbocycles. The smallest absolute Gasteiger partial charge is 0.259 e. The number of hydrogen-bond acceptors (Lipinski definition) is 6. The highest BCUT2D eigenvalue weighted by Crippen LogP contribution is 2.48. The van der Waals surface area contributed by atoms with Crippen LogP contribution in [0.1, 0.15) is 10.4 Å². The molecule has 5 aromatic rings. The number of para-hydroxylation sites is 1. The molecular formula is C34H28F2N4O4. The van der Waals surface area contributed by atoms with Crippen LogP contribution in [-0.2, 0) is 4.74 Å². The minimum absolute atomic E-state index is 0.0308. The van der Waals surface area contributed by atoms with Gasteiger partial charge in [0.05, 0.1) is 30.0 Å². The molecule has 4 heterocycles. The Morgan fingerprint density at radius 1 is 0.750 bits per heavy atom. The van der Waals surface area contributed by atoms with E-state index in [0.717, 1.165) is 10.8 Å². The number of anilines is 2. The summed E-state index contributed by atoms with van der Waals surface area (Å²) in [7, 11) is 0. The van der Waals surface area contributed by atoms with Crippen molar-refractivity contribution in [2.75, 3.05) is 62.3 Å². The number of amides is 1. The van der Waals surface area contributed by atoms with Crippen molar-refractivity contribution < 1.29 is 23.0 Å². The minimum Gasteiger partial charge on any atom is -0.451 e. The summed E-state index contributed by atoms with van der Waals surface area (Å²) in [6.45, 7) is 3.29. The second-order valence-corrected chi connectivity index (χ2v) is 11.2. The van der Waals surface area contributed by atoms with E-state index in [-0.39, 0.29) is 28.2 Å². The molecule has 3 aliphatic rings. The molecule has 0 N–H and O–H groups in total. The van der Waals surface area contributed by atoms with Gasteiger partial charge in [0, 0.05) is 50.9 Å². The molecule has 1 aromatic heterocycles. The average Bonchev–Trinajstić information content (AvgIpc) is 3.06. The Morgan fingerprint density at radius 2 is 1.48 bits per heavy atom. The summed E-state index contributed by atoms with van der Waals surface area (Å²) in [6, 6.07) is 19.4. The van der Waals surface area contributed by atoms with E-state index < -0.39 is 17.2 Å². The molecule has 44 heavy (non-hydrogen) atoms. The molecular weight excluding hydrogens is 566 g/mol. The minimum atomic E-state index is -0.615. The maximum absolute atomic E-state index is 16.2. The van der Waals surface area contributed by atoms with Crippen LogP contribution >= 0.6 is 0 Å². The number of ether oxygens (including phenoxy) is 2. The third-order valence-corrected chi connectivity index (χ3v) is 8.81. The second kappa shape index (κ2) is 10.3. The van der Waals surface area contributed by atoms with Gasteiger partial charge in [-0.05, 0) is 29.7 Å². The first-order valence-corrected chi connectivity index (χ1v) is 14.7. The first kappa shape index (κ1) is 26.7. The van der Waals surface area contributed by atoms with Gasteiger partial charge in [0.1, 0.15) is 22.6 Å². The van der Waals surface area contributed by atoms with E-state index in [1.165, 1.54) is 12.1 Å². The predicted octanol–water partition coefficient (Wildman–Crippen LogP) is 5.33. The van der Waals surface area contributed by atoms with Crippen molar-refractivity contribution in [3.8, 4) is 17.2 Å². The van der Waals surface area contributed by atoms with E-state index in [2.05, 4.69) is 0 Å². The number of benzene rings is 4. The molecule has 0 radical (unpaired) electrons. The first-order chi connectivity index (χ1) is 21.5. The van der Waals surface area contributed by atoms with E-state index >= 15 is 4.39 Å². The molecule has 1 amide bonds. The lowest BCUT2D eigenvalue weighted by molar-refractivity contribution is 0.0302. The number of nitrogens with zero attached hydrogens (tertiary/aromatic N) is 4. The summed E-state index contributed by atoms with van der Waals surface area (Å²) in [5, 5.41) is 1.90. The molecule has 2 saturated heterocycles. The normalized spacial score (nSPS) is 16.3. The standard InChI is InChI=1S/C34H28F2N4O4/c35-25-7-3-4-8-27(25)37-11-13-38(14-12-37)31-26(36)19-23-30-33(31)44-28-10-9-21-5-1-2-6-22(21)29(28)40(30)20-24(32(23)41)34(42)39-15-17-43-18-16-39/h1-10,19-20H,11-18H2. The molecule has 0 bridgehead atoms. The lowest BCUT2D eigenvalue weighted by Crippen LogP contribution is -2.47. The number of hydrogen-bond donors (Lipinski definition) is 0. The Kier molecular flexibility index (Phi) is 6.26. The fraction of sp³-hybridized carbons (Fsp3) is 0.235. The number of pyridine rings is 1. The molecule has 10 heteroatoms. The van der Waals surface area contributed by atoms with Crippen molar-refractivity contribution in [2.45, 2.75) is 0 Å². The summed E-state index contributed by atoms with van der Waals surface area (Å²) in [5.41, 5.74) is 1.26. The van der Waals surface area contributed by atoms with Crippen LogP contribution in [0.25, 0.3) is 27.4 Å². The largest absolute Gasteiger partial charge is 0.451 e. The molecule has 0 spiro atoms. The van der Waals surface area contributed by atoms with Crippen LogP contribution < -0.4 is 20.0 Å². The highest BCUT2D eigenvalue weighted by atomic mass is 19.1. The van der Waals surface area contributed by atoms with Gasteiger partial charge in [-0.15, -0.1) is 0 Å². The number of fused-ring (bicyclic) bond motifs is 4. The van der Waals surface area contributed by atoms with Crippen LogP contribution in [0, 0.1) is 11.6 Å². The third kappa shape index (κ3) is 4.12. The first-order valence-electron chi connectivity index (χ1n) is 14.7. The molecule has 0 aliphatic carbocycles. The van der Waals surface area contributed by atoms with Gasteiger partial charge in [-0.3, -0.25) is 9.59 Å². The molecule has 222 valence electrons. The van der Waals surface area contributed by atoms with Crippen LogP contribution in [0.3, 0.4) is 0 Å². The Hall–Kier alpha value is -4.96. The van der Waals surface area contributed by atoms with Crippen molar-refractivity contribution in [1.82, 2.24) is 9.47 Å². The van der Waals surface area contributed by atoms with Crippen molar-refractivity contribution in [1.29, 1.82) is 0 Å². The summed E-state index contributed by atoms with van der Waals surface area (Å²) >= 11 is 0. The van der Waals surface area contributed by atoms with E-state index in [1.807, 2.05) is 50.8 Å². The van der Waals surface area contributed by atoms with Gasteiger partial charge in [0.2, 0.25) is 5.43 Å². The number of carbonyl (C=O) groups excluding carboxylic acids is 1. The maximum Gasteiger partial charge on any atom is 0.259 e. The molecule has 2 fully saturated rings. The van der Waals surface area contributed by atoms with Crippen LogP contribution in [0.2, 0.25) is 0 Å². The van der Waals surface area contributed by atoms with Crippen molar-refractivity contribution >= 4 is 39.0 Å².